The Hall–Kier alpha value is -1.37. The van der Waals surface area contributed by atoms with Crippen molar-refractivity contribution in [3.63, 3.8) is 0 Å². The first-order valence-electron chi connectivity index (χ1n) is 6.27. The van der Waals surface area contributed by atoms with Gasteiger partial charge < -0.3 is 14.6 Å². The summed E-state index contributed by atoms with van der Waals surface area (Å²) in [6.45, 7) is 0.0581. The lowest BCUT2D eigenvalue weighted by Gasteiger charge is -2.03. The average molecular weight is 432 g/mol. The highest BCUT2D eigenvalue weighted by Gasteiger charge is 1.99. The number of aliphatic hydroxyl groups excluding tert-OH is 1. The van der Waals surface area contributed by atoms with E-state index in [9.17, 15) is 4.79 Å². The van der Waals surface area contributed by atoms with Gasteiger partial charge in [-0.2, -0.15) is 0 Å². The van der Waals surface area contributed by atoms with Crippen molar-refractivity contribution in [2.75, 3.05) is 14.2 Å². The number of benzene rings is 2. The van der Waals surface area contributed by atoms with Gasteiger partial charge in [0.2, 0.25) is 0 Å². The van der Waals surface area contributed by atoms with Crippen LogP contribution < -0.4 is 9.47 Å². The first-order chi connectivity index (χ1) is 10.5. The van der Waals surface area contributed by atoms with Crippen molar-refractivity contribution in [3.8, 4) is 11.5 Å². The molecule has 0 bridgehead atoms. The van der Waals surface area contributed by atoms with Crippen molar-refractivity contribution >= 4 is 38.1 Å². The second-order valence-electron chi connectivity index (χ2n) is 4.14. The van der Waals surface area contributed by atoms with E-state index in [0.29, 0.717) is 5.56 Å². The lowest BCUT2D eigenvalue weighted by Crippen LogP contribution is -1.87. The molecule has 0 fully saturated rings. The second kappa shape index (κ2) is 9.61. The molecule has 2 aromatic rings. The van der Waals surface area contributed by atoms with E-state index < -0.39 is 0 Å². The number of halogens is 2. The highest BCUT2D eigenvalue weighted by atomic mass is 79.9. The fourth-order valence-corrected chi connectivity index (χ4v) is 2.71. The molecule has 0 aliphatic heterocycles. The van der Waals surface area contributed by atoms with Crippen LogP contribution in [-0.2, 0) is 6.61 Å². The Bertz CT molecular complexity index is 630. The Morgan fingerprint density at radius 2 is 1.55 bits per heavy atom. The first kappa shape index (κ1) is 18.7. The van der Waals surface area contributed by atoms with Crippen molar-refractivity contribution in [2.24, 2.45) is 0 Å². The number of hydrogen-bond acceptors (Lipinski definition) is 4. The molecule has 0 aromatic heterocycles. The Morgan fingerprint density at radius 1 is 1.00 bits per heavy atom. The summed E-state index contributed by atoms with van der Waals surface area (Å²) in [7, 11) is 3.19. The summed E-state index contributed by atoms with van der Waals surface area (Å²) in [6, 6.07) is 10.6. The van der Waals surface area contributed by atoms with E-state index in [1.807, 2.05) is 18.2 Å². The van der Waals surface area contributed by atoms with E-state index in [4.69, 9.17) is 14.6 Å². The van der Waals surface area contributed by atoms with Gasteiger partial charge in [0.15, 0.2) is 0 Å². The molecule has 2 rings (SSSR count). The lowest BCUT2D eigenvalue weighted by atomic mass is 10.2. The zero-order valence-corrected chi connectivity index (χ0v) is 15.3. The summed E-state index contributed by atoms with van der Waals surface area (Å²) in [5.74, 6) is 1.51. The van der Waals surface area contributed by atoms with Crippen LogP contribution in [0.4, 0.5) is 0 Å². The largest absolute Gasteiger partial charge is 0.496 e. The molecule has 0 spiro atoms. The minimum atomic E-state index is 0.0581. The SMILES string of the molecule is COc1ccc(C=O)cc1Br.COc1ccc(CO)cc1Br. The molecule has 2 aromatic carbocycles. The number of hydrogen-bond donors (Lipinski definition) is 1. The van der Waals surface area contributed by atoms with Crippen molar-refractivity contribution < 1.29 is 19.4 Å². The minimum Gasteiger partial charge on any atom is -0.496 e. The van der Waals surface area contributed by atoms with E-state index in [0.717, 1.165) is 32.3 Å². The summed E-state index contributed by atoms with van der Waals surface area (Å²) >= 11 is 6.58. The third kappa shape index (κ3) is 5.44. The van der Waals surface area contributed by atoms with E-state index in [1.54, 1.807) is 32.4 Å². The lowest BCUT2D eigenvalue weighted by molar-refractivity contribution is 0.112. The monoisotopic (exact) mass is 430 g/mol. The number of carbonyl (C=O) groups excluding carboxylic acids is 1. The van der Waals surface area contributed by atoms with Crippen LogP contribution in [0.1, 0.15) is 15.9 Å². The maximum absolute atomic E-state index is 10.3. The quantitative estimate of drug-likeness (QED) is 0.736. The summed E-state index contributed by atoms with van der Waals surface area (Å²) in [6.07, 6.45) is 0.796. The number of rotatable bonds is 4. The molecule has 118 valence electrons. The summed E-state index contributed by atoms with van der Waals surface area (Å²) < 4.78 is 11.7. The van der Waals surface area contributed by atoms with Crippen LogP contribution in [0.5, 0.6) is 11.5 Å². The van der Waals surface area contributed by atoms with Gasteiger partial charge >= 0.3 is 0 Å². The maximum atomic E-state index is 10.3. The van der Waals surface area contributed by atoms with Crippen LogP contribution in [0.25, 0.3) is 0 Å². The van der Waals surface area contributed by atoms with E-state index in [1.165, 1.54) is 0 Å². The minimum absolute atomic E-state index is 0.0581. The van der Waals surface area contributed by atoms with Crippen molar-refractivity contribution in [1.82, 2.24) is 0 Å². The molecular formula is C16H16Br2O4. The molecule has 0 saturated carbocycles. The standard InChI is InChI=1S/C8H9BrO2.C8H7BrO2/c2*1-11-8-3-2-6(5-10)4-7(8)9/h2-4,10H,5H2,1H3;2-5H,1H3. The molecule has 0 unspecified atom stereocenters. The molecule has 0 aliphatic rings. The Balaban J connectivity index is 0.000000220. The van der Waals surface area contributed by atoms with Gasteiger partial charge in [-0.15, -0.1) is 0 Å². The Labute approximate surface area is 146 Å². The molecule has 0 amide bonds. The van der Waals surface area contributed by atoms with Crippen LogP contribution in [0, 0.1) is 0 Å². The van der Waals surface area contributed by atoms with Gasteiger partial charge in [0.05, 0.1) is 29.8 Å². The molecule has 0 radical (unpaired) electrons. The van der Waals surface area contributed by atoms with Gasteiger partial charge in [-0.3, -0.25) is 4.79 Å². The molecule has 6 heteroatoms. The average Bonchev–Trinajstić information content (AvgIpc) is 2.55. The molecule has 4 nitrogen and oxygen atoms in total. The number of aldehydes is 1. The van der Waals surface area contributed by atoms with Gasteiger partial charge in [0, 0.05) is 5.56 Å². The first-order valence-corrected chi connectivity index (χ1v) is 7.86. The smallest absolute Gasteiger partial charge is 0.150 e. The second-order valence-corrected chi connectivity index (χ2v) is 5.85. The maximum Gasteiger partial charge on any atom is 0.150 e. The molecule has 1 N–H and O–H groups in total. The van der Waals surface area contributed by atoms with Crippen molar-refractivity contribution in [2.45, 2.75) is 6.61 Å². The van der Waals surface area contributed by atoms with Crippen LogP contribution >= 0.6 is 31.9 Å². The fourth-order valence-electron chi connectivity index (χ4n) is 1.56. The topological polar surface area (TPSA) is 55.8 Å². The van der Waals surface area contributed by atoms with Gasteiger partial charge in [0.25, 0.3) is 0 Å². The van der Waals surface area contributed by atoms with Crippen LogP contribution in [0.15, 0.2) is 45.3 Å². The third-order valence-electron chi connectivity index (χ3n) is 2.71. The number of ether oxygens (including phenoxy) is 2. The summed E-state index contributed by atoms with van der Waals surface area (Å²) in [5, 5.41) is 8.76. The number of methoxy groups -OCH3 is 2. The van der Waals surface area contributed by atoms with Gasteiger partial charge in [-0.25, -0.2) is 0 Å². The van der Waals surface area contributed by atoms with Crippen LogP contribution in [0.3, 0.4) is 0 Å². The summed E-state index contributed by atoms with van der Waals surface area (Å²) in [4.78, 5) is 10.3. The fraction of sp³-hybridized carbons (Fsp3) is 0.188. The predicted molar refractivity (Wildman–Crippen MR) is 92.7 cm³/mol. The van der Waals surface area contributed by atoms with E-state index in [2.05, 4.69) is 31.9 Å². The summed E-state index contributed by atoms with van der Waals surface area (Å²) in [5.41, 5.74) is 1.51. The molecule has 0 aliphatic carbocycles. The molecule has 0 atom stereocenters. The molecular weight excluding hydrogens is 416 g/mol. The highest BCUT2D eigenvalue weighted by molar-refractivity contribution is 9.10. The third-order valence-corrected chi connectivity index (χ3v) is 3.95. The molecule has 22 heavy (non-hydrogen) atoms. The van der Waals surface area contributed by atoms with Gasteiger partial charge in [0.1, 0.15) is 17.8 Å². The van der Waals surface area contributed by atoms with Crippen molar-refractivity contribution in [1.29, 1.82) is 0 Å². The normalized spacial score (nSPS) is 9.50. The van der Waals surface area contributed by atoms with Crippen LogP contribution in [0.2, 0.25) is 0 Å². The van der Waals surface area contributed by atoms with Crippen LogP contribution in [-0.4, -0.2) is 25.6 Å². The van der Waals surface area contributed by atoms with E-state index in [-0.39, 0.29) is 6.61 Å². The number of aliphatic hydroxyl groups is 1. The Kier molecular flexibility index (Phi) is 8.16. The van der Waals surface area contributed by atoms with Gasteiger partial charge in [-0.05, 0) is 67.8 Å². The molecule has 0 saturated heterocycles. The number of carbonyl (C=O) groups is 1. The zero-order valence-electron chi connectivity index (χ0n) is 12.2. The Morgan fingerprint density at radius 3 is 1.95 bits per heavy atom. The molecule has 0 heterocycles. The zero-order chi connectivity index (χ0) is 16.5. The van der Waals surface area contributed by atoms with Gasteiger partial charge in [-0.1, -0.05) is 6.07 Å². The van der Waals surface area contributed by atoms with Crippen molar-refractivity contribution in [3.05, 3.63) is 56.5 Å². The highest BCUT2D eigenvalue weighted by Crippen LogP contribution is 2.25. The predicted octanol–water partition coefficient (Wildman–Crippen LogP) is 4.22. The van der Waals surface area contributed by atoms with E-state index >= 15 is 0 Å².